The molecule has 0 spiro atoms. The van der Waals surface area contributed by atoms with Crippen LogP contribution in [-0.4, -0.2) is 72.2 Å². The zero-order valence-corrected chi connectivity index (χ0v) is 19.0. The molecule has 2 aliphatic heterocycles. The number of H-pyrrole nitrogens is 1. The largest absolute Gasteiger partial charge is 0.346 e. The first kappa shape index (κ1) is 21.0. The monoisotopic (exact) mass is 459 g/mol. The van der Waals surface area contributed by atoms with Crippen molar-refractivity contribution < 1.29 is 9.18 Å². The molecule has 1 aromatic carbocycles. The van der Waals surface area contributed by atoms with Crippen molar-refractivity contribution in [3.05, 3.63) is 66.6 Å². The number of benzene rings is 1. The van der Waals surface area contributed by atoms with Crippen molar-refractivity contribution in [1.82, 2.24) is 34.5 Å². The Balaban J connectivity index is 1.08. The van der Waals surface area contributed by atoms with E-state index < -0.39 is 0 Å². The highest BCUT2D eigenvalue weighted by molar-refractivity contribution is 5.94. The van der Waals surface area contributed by atoms with E-state index >= 15 is 0 Å². The highest BCUT2D eigenvalue weighted by atomic mass is 19.1. The molecule has 5 heterocycles. The predicted molar refractivity (Wildman–Crippen MR) is 126 cm³/mol. The van der Waals surface area contributed by atoms with Crippen molar-refractivity contribution in [3.8, 4) is 11.3 Å². The van der Waals surface area contributed by atoms with Crippen LogP contribution in [0.1, 0.15) is 36.2 Å². The van der Waals surface area contributed by atoms with Crippen molar-refractivity contribution in [2.24, 2.45) is 0 Å². The van der Waals surface area contributed by atoms with E-state index in [9.17, 15) is 9.18 Å². The standard InChI is InChI=1S/C25H26FN7O/c1-25(6-9-31(10-7-25)24(34)17-3-2-4-19(26)11-17)32-14-20(15-32)33-13-18(12-30-33)22-21-5-8-27-23(21)29-16-28-22/h2-5,8,11-13,16,20H,6-7,9-10,14-15H2,1H3,(H,27,28,29). The molecule has 0 unspecified atom stereocenters. The summed E-state index contributed by atoms with van der Waals surface area (Å²) in [5.41, 5.74) is 3.16. The summed E-state index contributed by atoms with van der Waals surface area (Å²) < 4.78 is 15.6. The third-order valence-corrected chi connectivity index (χ3v) is 7.43. The van der Waals surface area contributed by atoms with Gasteiger partial charge >= 0.3 is 0 Å². The second-order valence-corrected chi connectivity index (χ2v) is 9.53. The molecule has 0 atom stereocenters. The number of carbonyl (C=O) groups excluding carboxylic acids is 1. The first-order valence-corrected chi connectivity index (χ1v) is 11.6. The van der Waals surface area contributed by atoms with Crippen molar-refractivity contribution in [1.29, 1.82) is 0 Å². The van der Waals surface area contributed by atoms with Gasteiger partial charge in [0.25, 0.3) is 5.91 Å². The van der Waals surface area contributed by atoms with Gasteiger partial charge in [-0.3, -0.25) is 14.4 Å². The number of nitrogens with one attached hydrogen (secondary N) is 1. The Hall–Kier alpha value is -3.59. The Morgan fingerprint density at radius 3 is 2.79 bits per heavy atom. The normalized spacial score (nSPS) is 18.8. The summed E-state index contributed by atoms with van der Waals surface area (Å²) in [4.78, 5) is 29.0. The van der Waals surface area contributed by atoms with Gasteiger partial charge in [0.15, 0.2) is 0 Å². The Labute approximate surface area is 196 Å². The van der Waals surface area contributed by atoms with Crippen LogP contribution in [0.25, 0.3) is 22.3 Å². The lowest BCUT2D eigenvalue weighted by Gasteiger charge is -2.53. The number of piperidine rings is 1. The van der Waals surface area contributed by atoms with Crippen LogP contribution in [-0.2, 0) is 0 Å². The lowest BCUT2D eigenvalue weighted by molar-refractivity contribution is -0.0356. The summed E-state index contributed by atoms with van der Waals surface area (Å²) in [6.07, 6.45) is 9.18. The molecule has 2 fully saturated rings. The fraction of sp³-hybridized carbons (Fsp3) is 0.360. The summed E-state index contributed by atoms with van der Waals surface area (Å²) in [5, 5.41) is 5.61. The Bertz CT molecular complexity index is 1350. The molecular formula is C25H26FN7O. The molecule has 9 heteroatoms. The van der Waals surface area contributed by atoms with Crippen LogP contribution < -0.4 is 0 Å². The quantitative estimate of drug-likeness (QED) is 0.505. The molecule has 34 heavy (non-hydrogen) atoms. The fourth-order valence-corrected chi connectivity index (χ4v) is 5.14. The third kappa shape index (κ3) is 3.56. The number of rotatable bonds is 4. The van der Waals surface area contributed by atoms with Crippen LogP contribution in [0, 0.1) is 5.82 Å². The van der Waals surface area contributed by atoms with Crippen molar-refractivity contribution in [2.45, 2.75) is 31.3 Å². The summed E-state index contributed by atoms with van der Waals surface area (Å²) in [7, 11) is 0. The van der Waals surface area contributed by atoms with Crippen LogP contribution >= 0.6 is 0 Å². The van der Waals surface area contributed by atoms with Gasteiger partial charge in [-0.05, 0) is 44.0 Å². The second kappa shape index (κ2) is 8.02. The third-order valence-electron chi connectivity index (χ3n) is 7.43. The van der Waals surface area contributed by atoms with Gasteiger partial charge in [0, 0.05) is 60.6 Å². The van der Waals surface area contributed by atoms with Gasteiger partial charge in [0.2, 0.25) is 0 Å². The number of aromatic amines is 1. The zero-order valence-electron chi connectivity index (χ0n) is 19.0. The van der Waals surface area contributed by atoms with Gasteiger partial charge in [-0.15, -0.1) is 0 Å². The van der Waals surface area contributed by atoms with Crippen molar-refractivity contribution in [3.63, 3.8) is 0 Å². The van der Waals surface area contributed by atoms with Gasteiger partial charge in [-0.25, -0.2) is 14.4 Å². The van der Waals surface area contributed by atoms with E-state index in [-0.39, 0.29) is 17.3 Å². The smallest absolute Gasteiger partial charge is 0.253 e. The Morgan fingerprint density at radius 2 is 2.00 bits per heavy atom. The van der Waals surface area contributed by atoms with E-state index in [1.165, 1.54) is 12.1 Å². The Morgan fingerprint density at radius 1 is 1.18 bits per heavy atom. The maximum Gasteiger partial charge on any atom is 0.253 e. The summed E-state index contributed by atoms with van der Waals surface area (Å²) in [5.74, 6) is -0.466. The molecule has 2 saturated heterocycles. The minimum atomic E-state index is -0.377. The number of halogens is 1. The predicted octanol–water partition coefficient (Wildman–Crippen LogP) is 3.51. The number of fused-ring (bicyclic) bond motifs is 1. The van der Waals surface area contributed by atoms with Crippen LogP contribution in [0.4, 0.5) is 4.39 Å². The average molecular weight is 460 g/mol. The van der Waals surface area contributed by atoms with Crippen molar-refractivity contribution in [2.75, 3.05) is 26.2 Å². The fourth-order valence-electron chi connectivity index (χ4n) is 5.14. The van der Waals surface area contributed by atoms with Gasteiger partial charge in [-0.2, -0.15) is 5.10 Å². The molecule has 0 saturated carbocycles. The van der Waals surface area contributed by atoms with E-state index in [1.807, 2.05) is 28.0 Å². The van der Waals surface area contributed by atoms with E-state index in [0.29, 0.717) is 24.7 Å². The first-order chi connectivity index (χ1) is 16.5. The minimum absolute atomic E-state index is 0.0507. The molecular weight excluding hydrogens is 433 g/mol. The molecule has 174 valence electrons. The van der Waals surface area contributed by atoms with Gasteiger partial charge in [-0.1, -0.05) is 6.07 Å². The molecule has 1 N–H and O–H groups in total. The number of aromatic nitrogens is 5. The Kier molecular flexibility index (Phi) is 4.95. The maximum atomic E-state index is 13.5. The number of nitrogens with zero attached hydrogens (tertiary/aromatic N) is 6. The SMILES string of the molecule is CC1(N2CC(n3cc(-c4ncnc5[nH]ccc45)cn3)C2)CCN(C(=O)c2cccc(F)c2)CC1. The minimum Gasteiger partial charge on any atom is -0.346 e. The van der Waals surface area contributed by atoms with Crippen LogP contribution in [0.3, 0.4) is 0 Å². The number of carbonyl (C=O) groups is 1. The van der Waals surface area contributed by atoms with Crippen LogP contribution in [0.15, 0.2) is 55.2 Å². The molecule has 0 radical (unpaired) electrons. The zero-order chi connectivity index (χ0) is 23.3. The van der Waals surface area contributed by atoms with Crippen LogP contribution in [0.2, 0.25) is 0 Å². The van der Waals surface area contributed by atoms with E-state index in [0.717, 1.165) is 48.2 Å². The lowest BCUT2D eigenvalue weighted by Crippen LogP contribution is -2.62. The molecule has 0 aliphatic carbocycles. The topological polar surface area (TPSA) is 82.9 Å². The summed E-state index contributed by atoms with van der Waals surface area (Å²) in [6, 6.07) is 8.25. The lowest BCUT2D eigenvalue weighted by atomic mass is 9.84. The molecule has 2 aliphatic rings. The molecule has 0 bridgehead atoms. The van der Waals surface area contributed by atoms with E-state index in [2.05, 4.69) is 38.1 Å². The molecule has 8 nitrogen and oxygen atoms in total. The summed E-state index contributed by atoms with van der Waals surface area (Å²) >= 11 is 0. The number of amides is 1. The van der Waals surface area contributed by atoms with Gasteiger partial charge < -0.3 is 9.88 Å². The first-order valence-electron chi connectivity index (χ1n) is 11.6. The molecule has 6 rings (SSSR count). The molecule has 3 aromatic heterocycles. The number of hydrogen-bond acceptors (Lipinski definition) is 5. The maximum absolute atomic E-state index is 13.5. The van der Waals surface area contributed by atoms with E-state index in [1.54, 1.807) is 18.5 Å². The van der Waals surface area contributed by atoms with Crippen molar-refractivity contribution >= 4 is 16.9 Å². The average Bonchev–Trinajstić information content (AvgIpc) is 3.48. The van der Waals surface area contributed by atoms with Gasteiger partial charge in [0.05, 0.1) is 17.9 Å². The highest BCUT2D eigenvalue weighted by Crippen LogP contribution is 2.37. The number of hydrogen-bond donors (Lipinski definition) is 1. The molecule has 1 amide bonds. The molecule has 4 aromatic rings. The highest BCUT2D eigenvalue weighted by Gasteiger charge is 2.43. The van der Waals surface area contributed by atoms with Gasteiger partial charge in [0.1, 0.15) is 17.8 Å². The summed E-state index contributed by atoms with van der Waals surface area (Å²) in [6.45, 7) is 5.50. The number of likely N-dealkylation sites (tertiary alicyclic amines) is 2. The van der Waals surface area contributed by atoms with E-state index in [4.69, 9.17) is 0 Å². The second-order valence-electron chi connectivity index (χ2n) is 9.53. The van der Waals surface area contributed by atoms with Crippen LogP contribution in [0.5, 0.6) is 0 Å².